The molecule has 9 heteroatoms. The molecule has 34 heavy (non-hydrogen) atoms. The lowest BCUT2D eigenvalue weighted by Gasteiger charge is -2.51. The van der Waals surface area contributed by atoms with Crippen molar-refractivity contribution in [3.8, 4) is 0 Å². The van der Waals surface area contributed by atoms with E-state index in [1.807, 2.05) is 0 Å². The molecule has 1 aromatic carbocycles. The van der Waals surface area contributed by atoms with Crippen LogP contribution in [0.15, 0.2) is 35.8 Å². The van der Waals surface area contributed by atoms with E-state index in [0.717, 1.165) is 32.2 Å². The Labute approximate surface area is 205 Å². The molecular formula is C25H34N6O2S. The van der Waals surface area contributed by atoms with Crippen LogP contribution in [-0.2, 0) is 10.3 Å². The molecular weight excluding hydrogens is 448 g/mol. The standard InChI is InChI=1S/C25H34N6O2S/c1-29(2)25(20-9-4-3-5-10-20)13-11-24(12-14-25)17-30(16-21(32)27-22-28-26-18-34-22)23(33)31(24)15-19-7-6-8-19/h3-5,9-10,18-19H,6-8,11-17H2,1-2H3,(H,27,28,32). The second-order valence-corrected chi connectivity index (χ2v) is 11.2. The molecule has 5 rings (SSSR count). The first kappa shape index (κ1) is 23.2. The van der Waals surface area contributed by atoms with Gasteiger partial charge in [0.15, 0.2) is 0 Å². The summed E-state index contributed by atoms with van der Waals surface area (Å²) in [5, 5.41) is 10.9. The second kappa shape index (κ2) is 9.26. The lowest BCUT2D eigenvalue weighted by atomic mass is 9.68. The van der Waals surface area contributed by atoms with E-state index in [4.69, 9.17) is 0 Å². The fourth-order valence-electron chi connectivity index (χ4n) is 6.07. The van der Waals surface area contributed by atoms with E-state index >= 15 is 0 Å². The molecule has 1 aromatic heterocycles. The molecule has 1 aliphatic heterocycles. The third-order valence-electron chi connectivity index (χ3n) is 8.34. The molecule has 3 fully saturated rings. The fourth-order valence-corrected chi connectivity index (χ4v) is 6.53. The summed E-state index contributed by atoms with van der Waals surface area (Å²) in [6.45, 7) is 1.48. The lowest BCUT2D eigenvalue weighted by molar-refractivity contribution is -0.116. The topological polar surface area (TPSA) is 81.7 Å². The molecule has 0 atom stereocenters. The van der Waals surface area contributed by atoms with E-state index in [-0.39, 0.29) is 29.6 Å². The highest BCUT2D eigenvalue weighted by molar-refractivity contribution is 7.13. The first-order chi connectivity index (χ1) is 16.4. The molecule has 1 saturated heterocycles. The van der Waals surface area contributed by atoms with Gasteiger partial charge in [0.2, 0.25) is 11.0 Å². The van der Waals surface area contributed by atoms with Crippen molar-refractivity contribution in [1.82, 2.24) is 24.9 Å². The lowest BCUT2D eigenvalue weighted by Crippen LogP contribution is -2.56. The van der Waals surface area contributed by atoms with Crippen LogP contribution < -0.4 is 5.32 Å². The molecule has 3 aliphatic rings. The molecule has 2 saturated carbocycles. The van der Waals surface area contributed by atoms with Crippen LogP contribution in [0.2, 0.25) is 0 Å². The van der Waals surface area contributed by atoms with Crippen LogP contribution >= 0.6 is 11.3 Å². The average molecular weight is 483 g/mol. The first-order valence-corrected chi connectivity index (χ1v) is 13.2. The van der Waals surface area contributed by atoms with Crippen LogP contribution in [0.4, 0.5) is 9.93 Å². The number of aromatic nitrogens is 2. The molecule has 0 unspecified atom stereocenters. The number of hydrogen-bond acceptors (Lipinski definition) is 6. The van der Waals surface area contributed by atoms with Crippen LogP contribution in [0.25, 0.3) is 0 Å². The number of carbonyl (C=O) groups excluding carboxylic acids is 2. The number of rotatable bonds is 7. The number of amides is 3. The van der Waals surface area contributed by atoms with Gasteiger partial charge in [-0.3, -0.25) is 15.0 Å². The third-order valence-corrected chi connectivity index (χ3v) is 8.95. The van der Waals surface area contributed by atoms with Gasteiger partial charge < -0.3 is 9.80 Å². The minimum atomic E-state index is -0.214. The maximum absolute atomic E-state index is 13.6. The van der Waals surface area contributed by atoms with Crippen molar-refractivity contribution >= 4 is 28.4 Å². The Balaban J connectivity index is 1.35. The summed E-state index contributed by atoms with van der Waals surface area (Å²) in [5.74, 6) is 0.374. The normalized spacial score (nSPS) is 27.4. The van der Waals surface area contributed by atoms with Crippen LogP contribution in [0.1, 0.15) is 50.5 Å². The fraction of sp³-hybridized carbons (Fsp3) is 0.600. The van der Waals surface area contributed by atoms with E-state index in [0.29, 0.717) is 17.6 Å². The van der Waals surface area contributed by atoms with Gasteiger partial charge in [0, 0.05) is 18.6 Å². The minimum absolute atomic E-state index is 0.0105. The molecule has 2 heterocycles. The molecule has 0 radical (unpaired) electrons. The van der Waals surface area contributed by atoms with Gasteiger partial charge in [-0.2, -0.15) is 0 Å². The van der Waals surface area contributed by atoms with Gasteiger partial charge in [-0.25, -0.2) is 4.79 Å². The Bertz CT molecular complexity index is 1000. The average Bonchev–Trinajstić information content (AvgIpc) is 3.39. The number of anilines is 1. The SMILES string of the molecule is CN(C)C1(c2ccccc2)CCC2(CC1)CN(CC(=O)Nc1nncs1)C(=O)N2CC1CCC1. The number of nitrogens with zero attached hydrogens (tertiary/aromatic N) is 5. The highest BCUT2D eigenvalue weighted by Crippen LogP contribution is 2.49. The Morgan fingerprint density at radius 3 is 2.50 bits per heavy atom. The summed E-state index contributed by atoms with van der Waals surface area (Å²) in [4.78, 5) is 32.5. The number of urea groups is 1. The van der Waals surface area contributed by atoms with E-state index in [2.05, 4.69) is 69.7 Å². The van der Waals surface area contributed by atoms with E-state index in [1.165, 1.54) is 36.2 Å². The van der Waals surface area contributed by atoms with Crippen LogP contribution in [-0.4, -0.2) is 76.1 Å². The molecule has 2 aliphatic carbocycles. The zero-order valence-corrected chi connectivity index (χ0v) is 20.9. The zero-order valence-electron chi connectivity index (χ0n) is 20.1. The highest BCUT2D eigenvalue weighted by Gasteiger charge is 2.55. The van der Waals surface area contributed by atoms with Gasteiger partial charge in [-0.15, -0.1) is 10.2 Å². The smallest absolute Gasteiger partial charge is 0.317 e. The van der Waals surface area contributed by atoms with Gasteiger partial charge >= 0.3 is 6.03 Å². The first-order valence-electron chi connectivity index (χ1n) is 12.3. The third kappa shape index (κ3) is 4.20. The van der Waals surface area contributed by atoms with Gasteiger partial charge in [0.1, 0.15) is 12.1 Å². The molecule has 0 bridgehead atoms. The van der Waals surface area contributed by atoms with Crippen molar-refractivity contribution in [2.75, 3.05) is 39.0 Å². The predicted octanol–water partition coefficient (Wildman–Crippen LogP) is 3.78. The minimum Gasteiger partial charge on any atom is -0.317 e. The van der Waals surface area contributed by atoms with E-state index in [1.54, 1.807) is 10.4 Å². The van der Waals surface area contributed by atoms with Crippen molar-refractivity contribution < 1.29 is 9.59 Å². The Kier molecular flexibility index (Phi) is 6.33. The van der Waals surface area contributed by atoms with Gasteiger partial charge in [0.25, 0.3) is 0 Å². The predicted molar refractivity (Wildman–Crippen MR) is 133 cm³/mol. The van der Waals surface area contributed by atoms with Crippen molar-refractivity contribution in [1.29, 1.82) is 0 Å². The maximum atomic E-state index is 13.6. The second-order valence-electron chi connectivity index (χ2n) is 10.4. The summed E-state index contributed by atoms with van der Waals surface area (Å²) in [6, 6.07) is 10.8. The summed E-state index contributed by atoms with van der Waals surface area (Å²) < 4.78 is 0. The molecule has 182 valence electrons. The Morgan fingerprint density at radius 2 is 1.91 bits per heavy atom. The number of carbonyl (C=O) groups is 2. The maximum Gasteiger partial charge on any atom is 0.321 e. The highest BCUT2D eigenvalue weighted by atomic mass is 32.1. The largest absolute Gasteiger partial charge is 0.321 e. The van der Waals surface area contributed by atoms with Crippen LogP contribution in [0.5, 0.6) is 0 Å². The summed E-state index contributed by atoms with van der Waals surface area (Å²) in [6.07, 6.45) is 7.50. The van der Waals surface area contributed by atoms with Crippen LogP contribution in [0, 0.1) is 5.92 Å². The number of hydrogen-bond donors (Lipinski definition) is 1. The van der Waals surface area contributed by atoms with Gasteiger partial charge in [-0.05, 0) is 64.1 Å². The quantitative estimate of drug-likeness (QED) is 0.650. The van der Waals surface area contributed by atoms with Crippen molar-refractivity contribution in [3.05, 3.63) is 41.4 Å². The van der Waals surface area contributed by atoms with Crippen LogP contribution in [0.3, 0.4) is 0 Å². The Hall–Kier alpha value is -2.52. The van der Waals surface area contributed by atoms with Crippen molar-refractivity contribution in [2.45, 2.75) is 56.0 Å². The van der Waals surface area contributed by atoms with E-state index in [9.17, 15) is 9.59 Å². The summed E-state index contributed by atoms with van der Waals surface area (Å²) >= 11 is 1.28. The zero-order chi connectivity index (χ0) is 23.8. The van der Waals surface area contributed by atoms with Crippen molar-refractivity contribution in [2.24, 2.45) is 5.92 Å². The van der Waals surface area contributed by atoms with Crippen molar-refractivity contribution in [3.63, 3.8) is 0 Å². The molecule has 8 nitrogen and oxygen atoms in total. The summed E-state index contributed by atoms with van der Waals surface area (Å²) in [5.41, 5.74) is 2.69. The monoisotopic (exact) mass is 482 g/mol. The Morgan fingerprint density at radius 1 is 1.18 bits per heavy atom. The van der Waals surface area contributed by atoms with Gasteiger partial charge in [-0.1, -0.05) is 48.1 Å². The van der Waals surface area contributed by atoms with Gasteiger partial charge in [0.05, 0.1) is 5.54 Å². The van der Waals surface area contributed by atoms with E-state index < -0.39 is 0 Å². The molecule has 1 N–H and O–H groups in total. The molecule has 2 aromatic rings. The number of nitrogens with one attached hydrogen (secondary N) is 1. The summed E-state index contributed by atoms with van der Waals surface area (Å²) in [7, 11) is 4.34. The molecule has 1 spiro atoms. The molecule has 3 amide bonds. The number of benzene rings is 1.